The highest BCUT2D eigenvalue weighted by Gasteiger charge is 2.19. The Hall–Kier alpha value is -2.00. The zero-order valence-corrected chi connectivity index (χ0v) is 12.0. The van der Waals surface area contributed by atoms with E-state index in [1.54, 1.807) is 0 Å². The van der Waals surface area contributed by atoms with Crippen LogP contribution in [0.3, 0.4) is 0 Å². The van der Waals surface area contributed by atoms with Gasteiger partial charge >= 0.3 is 0 Å². The van der Waals surface area contributed by atoms with E-state index in [-0.39, 0.29) is 15.7 Å². The molecule has 1 aromatic carbocycles. The Morgan fingerprint density at radius 3 is 2.65 bits per heavy atom. The molecule has 6 nitrogen and oxygen atoms in total. The van der Waals surface area contributed by atoms with E-state index >= 15 is 0 Å². The van der Waals surface area contributed by atoms with Crippen LogP contribution >= 0.6 is 12.2 Å². The van der Waals surface area contributed by atoms with Gasteiger partial charge in [0.25, 0.3) is 10.0 Å². The smallest absolute Gasteiger partial charge is 0.279 e. The first-order valence-electron chi connectivity index (χ1n) is 5.41. The molecule has 0 saturated heterocycles. The number of nitrogens with one attached hydrogen (secondary N) is 1. The van der Waals surface area contributed by atoms with Gasteiger partial charge in [-0.15, -0.1) is 0 Å². The van der Waals surface area contributed by atoms with Crippen molar-refractivity contribution >= 4 is 32.9 Å². The van der Waals surface area contributed by atoms with Crippen molar-refractivity contribution in [3.05, 3.63) is 41.8 Å². The molecule has 2 aromatic rings. The number of benzene rings is 1. The molecule has 0 fully saturated rings. The predicted molar refractivity (Wildman–Crippen MR) is 76.3 cm³/mol. The molecule has 1 heterocycles. The molecule has 0 unspecified atom stereocenters. The van der Waals surface area contributed by atoms with Crippen molar-refractivity contribution in [2.75, 3.05) is 4.72 Å². The summed E-state index contributed by atoms with van der Waals surface area (Å²) >= 11 is 4.72. The lowest BCUT2D eigenvalue weighted by Gasteiger charge is -2.09. The highest BCUT2D eigenvalue weighted by atomic mass is 32.2. The second-order valence-electron chi connectivity index (χ2n) is 3.96. The van der Waals surface area contributed by atoms with Gasteiger partial charge in [0.05, 0.1) is 11.9 Å². The lowest BCUT2D eigenvalue weighted by Crippen LogP contribution is -2.18. The number of halogens is 1. The van der Waals surface area contributed by atoms with E-state index in [1.807, 2.05) is 0 Å². The van der Waals surface area contributed by atoms with E-state index in [9.17, 15) is 12.8 Å². The molecule has 0 amide bonds. The molecule has 0 aliphatic rings. The Labute approximate surface area is 120 Å². The topological polar surface area (TPSA) is 90.0 Å². The zero-order chi connectivity index (χ0) is 14.9. The molecule has 106 valence electrons. The van der Waals surface area contributed by atoms with Gasteiger partial charge in [0.2, 0.25) is 0 Å². The van der Waals surface area contributed by atoms with Gasteiger partial charge in [0.1, 0.15) is 10.8 Å². The monoisotopic (exact) mass is 314 g/mol. The Morgan fingerprint density at radius 2 is 2.15 bits per heavy atom. The van der Waals surface area contributed by atoms with Gasteiger partial charge in [0, 0.05) is 12.6 Å². The summed E-state index contributed by atoms with van der Waals surface area (Å²) in [6.07, 6.45) is 1.33. The molecular weight excluding hydrogens is 303 g/mol. The van der Waals surface area contributed by atoms with Gasteiger partial charge in [-0.05, 0) is 24.3 Å². The number of nitrogens with two attached hydrogens (primary N) is 1. The van der Waals surface area contributed by atoms with Crippen molar-refractivity contribution in [2.24, 2.45) is 12.8 Å². The molecular formula is C11H11FN4O2S2. The van der Waals surface area contributed by atoms with Crippen molar-refractivity contribution in [2.45, 2.75) is 5.03 Å². The summed E-state index contributed by atoms with van der Waals surface area (Å²) in [7, 11) is -2.44. The normalized spacial score (nSPS) is 11.3. The van der Waals surface area contributed by atoms with Crippen molar-refractivity contribution in [1.82, 2.24) is 9.78 Å². The summed E-state index contributed by atoms with van der Waals surface area (Å²) in [6.45, 7) is 0. The molecule has 0 atom stereocenters. The Bertz CT molecular complexity index is 770. The Kier molecular flexibility index (Phi) is 3.73. The van der Waals surface area contributed by atoms with E-state index in [2.05, 4.69) is 9.82 Å². The maximum atomic E-state index is 13.8. The van der Waals surface area contributed by atoms with Crippen molar-refractivity contribution in [3.8, 4) is 0 Å². The van der Waals surface area contributed by atoms with Gasteiger partial charge in [-0.1, -0.05) is 12.2 Å². The zero-order valence-electron chi connectivity index (χ0n) is 10.4. The average Bonchev–Trinajstić information content (AvgIpc) is 2.78. The maximum Gasteiger partial charge on any atom is 0.279 e. The van der Waals surface area contributed by atoms with Crippen LogP contribution in [0.2, 0.25) is 0 Å². The molecule has 0 saturated carbocycles. The van der Waals surface area contributed by atoms with Crippen LogP contribution in [0.5, 0.6) is 0 Å². The number of aryl methyl sites for hydroxylation is 1. The van der Waals surface area contributed by atoms with Crippen molar-refractivity contribution < 1.29 is 12.8 Å². The number of thiocarbonyl (C=S) groups is 1. The molecule has 9 heteroatoms. The highest BCUT2D eigenvalue weighted by molar-refractivity contribution is 7.92. The molecule has 0 radical (unpaired) electrons. The third-order valence-corrected chi connectivity index (χ3v) is 4.22. The number of aromatic nitrogens is 2. The summed E-state index contributed by atoms with van der Waals surface area (Å²) in [4.78, 5) is 0.0324. The van der Waals surface area contributed by atoms with E-state index < -0.39 is 15.8 Å². The van der Waals surface area contributed by atoms with Crippen LogP contribution in [0.1, 0.15) is 5.56 Å². The third kappa shape index (κ3) is 2.78. The second kappa shape index (κ2) is 5.17. The van der Waals surface area contributed by atoms with E-state index in [0.29, 0.717) is 5.56 Å². The fourth-order valence-electron chi connectivity index (χ4n) is 1.57. The van der Waals surface area contributed by atoms with E-state index in [0.717, 1.165) is 6.07 Å². The first-order valence-corrected chi connectivity index (χ1v) is 7.30. The minimum Gasteiger partial charge on any atom is -0.389 e. The summed E-state index contributed by atoms with van der Waals surface area (Å²) in [6, 6.07) is 5.08. The number of hydrogen-bond donors (Lipinski definition) is 2. The van der Waals surface area contributed by atoms with Crippen LogP contribution in [0, 0.1) is 5.82 Å². The molecule has 0 aliphatic heterocycles. The minimum atomic E-state index is -3.91. The first-order chi connectivity index (χ1) is 9.31. The van der Waals surface area contributed by atoms with Gasteiger partial charge in [-0.3, -0.25) is 9.40 Å². The van der Waals surface area contributed by atoms with Gasteiger partial charge in [-0.2, -0.15) is 13.5 Å². The number of rotatable bonds is 4. The van der Waals surface area contributed by atoms with E-state index in [1.165, 1.54) is 36.1 Å². The van der Waals surface area contributed by atoms with Gasteiger partial charge in [-0.25, -0.2) is 4.39 Å². The van der Waals surface area contributed by atoms with Crippen LogP contribution in [0.25, 0.3) is 0 Å². The fraction of sp³-hybridized carbons (Fsp3) is 0.0909. The van der Waals surface area contributed by atoms with Crippen molar-refractivity contribution in [1.29, 1.82) is 0 Å². The lowest BCUT2D eigenvalue weighted by molar-refractivity contribution is 0.580. The quantitative estimate of drug-likeness (QED) is 0.822. The Balaban J connectivity index is 2.36. The van der Waals surface area contributed by atoms with Crippen molar-refractivity contribution in [3.63, 3.8) is 0 Å². The van der Waals surface area contributed by atoms with Crippen LogP contribution in [-0.2, 0) is 17.1 Å². The fourth-order valence-corrected chi connectivity index (χ4v) is 2.90. The molecule has 0 bridgehead atoms. The predicted octanol–water partition coefficient (Wildman–Crippen LogP) is 0.994. The maximum absolute atomic E-state index is 13.8. The third-order valence-electron chi connectivity index (χ3n) is 2.55. The second-order valence-corrected chi connectivity index (χ2v) is 6.03. The molecule has 20 heavy (non-hydrogen) atoms. The molecule has 2 rings (SSSR count). The minimum absolute atomic E-state index is 0.0324. The lowest BCUT2D eigenvalue weighted by atomic mass is 10.2. The van der Waals surface area contributed by atoms with Gasteiger partial charge < -0.3 is 5.73 Å². The number of hydrogen-bond acceptors (Lipinski definition) is 4. The SMILES string of the molecule is Cn1nccc1S(=O)(=O)Nc1ccc(C(N)=S)cc1F. The number of anilines is 1. The van der Waals surface area contributed by atoms with Crippen LogP contribution in [0.15, 0.2) is 35.5 Å². The largest absolute Gasteiger partial charge is 0.389 e. The number of sulfonamides is 1. The summed E-state index contributed by atoms with van der Waals surface area (Å²) < 4.78 is 41.3. The van der Waals surface area contributed by atoms with Crippen LogP contribution in [-0.4, -0.2) is 23.2 Å². The Morgan fingerprint density at radius 1 is 1.45 bits per heavy atom. The summed E-state index contributed by atoms with van der Waals surface area (Å²) in [5.41, 5.74) is 5.50. The number of nitrogens with zero attached hydrogens (tertiary/aromatic N) is 2. The van der Waals surface area contributed by atoms with Crippen LogP contribution < -0.4 is 10.5 Å². The standard InChI is InChI=1S/C11H11FN4O2S2/c1-16-10(4-5-14-16)20(17,18)15-9-3-2-7(11(13)19)6-8(9)12/h2-6,15H,1H3,(H2,13,19). The summed E-state index contributed by atoms with van der Waals surface area (Å²) in [5, 5.41) is 3.68. The van der Waals surface area contributed by atoms with Gasteiger partial charge in [0.15, 0.2) is 5.03 Å². The molecule has 0 spiro atoms. The average molecular weight is 314 g/mol. The molecule has 0 aliphatic carbocycles. The van der Waals surface area contributed by atoms with E-state index in [4.69, 9.17) is 18.0 Å². The highest BCUT2D eigenvalue weighted by Crippen LogP contribution is 2.20. The summed E-state index contributed by atoms with van der Waals surface area (Å²) in [5.74, 6) is -0.763. The molecule has 3 N–H and O–H groups in total. The van der Waals surface area contributed by atoms with Crippen LogP contribution in [0.4, 0.5) is 10.1 Å². The molecule has 1 aromatic heterocycles. The first kappa shape index (κ1) is 14.4.